The van der Waals surface area contributed by atoms with Crippen LogP contribution >= 0.6 is 31.9 Å². The molecule has 0 heterocycles. The van der Waals surface area contributed by atoms with Gasteiger partial charge in [-0.1, -0.05) is 60.3 Å². The lowest BCUT2D eigenvalue weighted by Crippen LogP contribution is -2.25. The first-order chi connectivity index (χ1) is 13.1. The molecule has 0 aromatic heterocycles. The molecule has 144 valence electrons. The maximum atomic E-state index is 12.6. The maximum Gasteiger partial charge on any atom is 0.314 e. The van der Waals surface area contributed by atoms with E-state index in [9.17, 15) is 4.79 Å². The third-order valence-corrected chi connectivity index (χ3v) is 6.61. The Morgan fingerprint density at radius 1 is 1.00 bits per heavy atom. The molecule has 1 aliphatic rings. The highest BCUT2D eigenvalue weighted by molar-refractivity contribution is 9.10. The van der Waals surface area contributed by atoms with Gasteiger partial charge < -0.3 is 4.74 Å². The lowest BCUT2D eigenvalue weighted by Gasteiger charge is -2.27. The van der Waals surface area contributed by atoms with Crippen molar-refractivity contribution < 1.29 is 9.53 Å². The van der Waals surface area contributed by atoms with Crippen LogP contribution < -0.4 is 4.74 Å². The highest BCUT2D eigenvalue weighted by Crippen LogP contribution is 2.35. The summed E-state index contributed by atoms with van der Waals surface area (Å²) in [6, 6.07) is 14.1. The molecule has 2 aromatic rings. The fourth-order valence-electron chi connectivity index (χ4n) is 3.78. The summed E-state index contributed by atoms with van der Waals surface area (Å²) in [5, 5.41) is 0. The molecular weight excluding hydrogens is 468 g/mol. The van der Waals surface area contributed by atoms with Crippen LogP contribution in [0.4, 0.5) is 0 Å². The SMILES string of the molecule is CCCCC1CCC(C(=O)Oc2ccc(-c3ccc(Br)cc3)cc2Br)CC1. The zero-order valence-electron chi connectivity index (χ0n) is 15.7. The first kappa shape index (κ1) is 20.6. The zero-order chi connectivity index (χ0) is 19.2. The van der Waals surface area contributed by atoms with E-state index < -0.39 is 0 Å². The molecule has 2 nitrogen and oxygen atoms in total. The van der Waals surface area contributed by atoms with Gasteiger partial charge in [0.25, 0.3) is 0 Å². The smallest absolute Gasteiger partial charge is 0.314 e. The van der Waals surface area contributed by atoms with Crippen LogP contribution in [-0.4, -0.2) is 5.97 Å². The number of halogens is 2. The Bertz CT molecular complexity index is 762. The van der Waals surface area contributed by atoms with Crippen LogP contribution in [0.2, 0.25) is 0 Å². The van der Waals surface area contributed by atoms with Gasteiger partial charge in [-0.05, 0) is 82.9 Å². The van der Waals surface area contributed by atoms with Crippen molar-refractivity contribution in [1.82, 2.24) is 0 Å². The summed E-state index contributed by atoms with van der Waals surface area (Å²) >= 11 is 7.02. The lowest BCUT2D eigenvalue weighted by atomic mass is 9.80. The van der Waals surface area contributed by atoms with E-state index in [-0.39, 0.29) is 11.9 Å². The second kappa shape index (κ2) is 9.88. The molecule has 3 rings (SSSR count). The number of ether oxygens (including phenoxy) is 1. The van der Waals surface area contributed by atoms with Crippen LogP contribution in [0, 0.1) is 11.8 Å². The maximum absolute atomic E-state index is 12.6. The van der Waals surface area contributed by atoms with Crippen molar-refractivity contribution in [2.45, 2.75) is 51.9 Å². The number of esters is 1. The van der Waals surface area contributed by atoms with Gasteiger partial charge in [-0.25, -0.2) is 0 Å². The molecule has 1 aliphatic carbocycles. The predicted octanol–water partition coefficient (Wildman–Crippen LogP) is 7.78. The van der Waals surface area contributed by atoms with Gasteiger partial charge >= 0.3 is 5.97 Å². The fourth-order valence-corrected chi connectivity index (χ4v) is 4.50. The summed E-state index contributed by atoms with van der Waals surface area (Å²) in [5.74, 6) is 1.36. The molecule has 0 N–H and O–H groups in total. The Kier molecular flexibility index (Phi) is 7.54. The minimum absolute atomic E-state index is 0.0425. The highest BCUT2D eigenvalue weighted by Gasteiger charge is 2.27. The van der Waals surface area contributed by atoms with Gasteiger partial charge in [-0.3, -0.25) is 4.79 Å². The third kappa shape index (κ3) is 5.68. The highest BCUT2D eigenvalue weighted by atomic mass is 79.9. The van der Waals surface area contributed by atoms with Crippen LogP contribution in [0.3, 0.4) is 0 Å². The first-order valence-electron chi connectivity index (χ1n) is 9.84. The second-order valence-corrected chi connectivity index (χ2v) is 9.20. The molecule has 0 saturated heterocycles. The molecular formula is C23H26Br2O2. The average molecular weight is 494 g/mol. The molecule has 1 saturated carbocycles. The molecule has 0 spiro atoms. The van der Waals surface area contributed by atoms with Crippen molar-refractivity contribution in [3.05, 3.63) is 51.4 Å². The summed E-state index contributed by atoms with van der Waals surface area (Å²) in [4.78, 5) is 12.6. The number of hydrogen-bond acceptors (Lipinski definition) is 2. The number of hydrogen-bond donors (Lipinski definition) is 0. The first-order valence-corrected chi connectivity index (χ1v) is 11.4. The van der Waals surface area contributed by atoms with Crippen LogP contribution in [0.5, 0.6) is 5.75 Å². The van der Waals surface area contributed by atoms with E-state index in [1.54, 1.807) is 0 Å². The van der Waals surface area contributed by atoms with E-state index in [0.717, 1.165) is 51.7 Å². The molecule has 0 amide bonds. The van der Waals surface area contributed by atoms with Gasteiger partial charge in [0.15, 0.2) is 0 Å². The van der Waals surface area contributed by atoms with Crippen molar-refractivity contribution in [3.8, 4) is 16.9 Å². The van der Waals surface area contributed by atoms with Crippen LogP contribution in [-0.2, 0) is 4.79 Å². The average Bonchev–Trinajstić information content (AvgIpc) is 2.69. The van der Waals surface area contributed by atoms with Gasteiger partial charge in [0, 0.05) is 4.47 Å². The Balaban J connectivity index is 1.59. The van der Waals surface area contributed by atoms with Gasteiger partial charge in [0.1, 0.15) is 5.75 Å². The van der Waals surface area contributed by atoms with Gasteiger partial charge in [-0.15, -0.1) is 0 Å². The van der Waals surface area contributed by atoms with Crippen molar-refractivity contribution in [3.63, 3.8) is 0 Å². The van der Waals surface area contributed by atoms with E-state index in [1.165, 1.54) is 19.3 Å². The van der Waals surface area contributed by atoms with Gasteiger partial charge in [-0.2, -0.15) is 0 Å². The number of carbonyl (C=O) groups excluding carboxylic acids is 1. The van der Waals surface area contributed by atoms with Crippen molar-refractivity contribution in [2.24, 2.45) is 11.8 Å². The minimum Gasteiger partial charge on any atom is -0.425 e. The van der Waals surface area contributed by atoms with E-state index in [1.807, 2.05) is 30.3 Å². The topological polar surface area (TPSA) is 26.3 Å². The van der Waals surface area contributed by atoms with Gasteiger partial charge in [0.05, 0.1) is 10.4 Å². The van der Waals surface area contributed by atoms with E-state index in [2.05, 4.69) is 50.9 Å². The largest absolute Gasteiger partial charge is 0.425 e. The van der Waals surface area contributed by atoms with Crippen molar-refractivity contribution in [1.29, 1.82) is 0 Å². The number of benzene rings is 2. The summed E-state index contributed by atoms with van der Waals surface area (Å²) in [6.45, 7) is 2.24. The summed E-state index contributed by atoms with van der Waals surface area (Å²) in [5.41, 5.74) is 2.22. The summed E-state index contributed by atoms with van der Waals surface area (Å²) in [7, 11) is 0. The molecule has 0 atom stereocenters. The van der Waals surface area contributed by atoms with Crippen LogP contribution in [0.1, 0.15) is 51.9 Å². The number of unbranched alkanes of at least 4 members (excludes halogenated alkanes) is 1. The van der Waals surface area contributed by atoms with Gasteiger partial charge in [0.2, 0.25) is 0 Å². The normalized spacial score (nSPS) is 19.7. The quantitative estimate of drug-likeness (QED) is 0.303. The molecule has 0 aliphatic heterocycles. The van der Waals surface area contributed by atoms with E-state index in [4.69, 9.17) is 4.74 Å². The second-order valence-electron chi connectivity index (χ2n) is 7.43. The Hall–Kier alpha value is -1.13. The zero-order valence-corrected chi connectivity index (χ0v) is 18.9. The van der Waals surface area contributed by atoms with Crippen molar-refractivity contribution >= 4 is 37.8 Å². The Morgan fingerprint density at radius 3 is 2.30 bits per heavy atom. The number of rotatable bonds is 6. The number of carbonyl (C=O) groups is 1. The lowest BCUT2D eigenvalue weighted by molar-refractivity contribution is -0.140. The molecule has 2 aromatic carbocycles. The molecule has 0 radical (unpaired) electrons. The summed E-state index contributed by atoms with van der Waals surface area (Å²) < 4.78 is 7.59. The third-order valence-electron chi connectivity index (χ3n) is 5.47. The standard InChI is InChI=1S/C23H26Br2O2/c1-2-3-4-16-5-7-18(8-6-16)23(26)27-22-14-11-19(15-21(22)25)17-9-12-20(24)13-10-17/h9-16,18H,2-8H2,1H3. The van der Waals surface area contributed by atoms with Crippen molar-refractivity contribution in [2.75, 3.05) is 0 Å². The minimum atomic E-state index is -0.0824. The molecule has 0 unspecified atom stereocenters. The van der Waals surface area contributed by atoms with E-state index >= 15 is 0 Å². The summed E-state index contributed by atoms with van der Waals surface area (Å²) in [6.07, 6.45) is 8.10. The van der Waals surface area contributed by atoms with Crippen LogP contribution in [0.15, 0.2) is 51.4 Å². The molecule has 1 fully saturated rings. The monoisotopic (exact) mass is 492 g/mol. The van der Waals surface area contributed by atoms with Crippen LogP contribution in [0.25, 0.3) is 11.1 Å². The molecule has 4 heteroatoms. The van der Waals surface area contributed by atoms with E-state index in [0.29, 0.717) is 5.75 Å². The predicted molar refractivity (Wildman–Crippen MR) is 118 cm³/mol. The fraction of sp³-hybridized carbons (Fsp3) is 0.435. The Labute approximate surface area is 179 Å². The molecule has 27 heavy (non-hydrogen) atoms. The molecule has 0 bridgehead atoms. The Morgan fingerprint density at radius 2 is 1.67 bits per heavy atom.